The lowest BCUT2D eigenvalue weighted by Crippen LogP contribution is -2.08. The molecule has 0 saturated heterocycles. The molecule has 0 bridgehead atoms. The quantitative estimate of drug-likeness (QED) is 0.724. The minimum Gasteiger partial charge on any atom is -0.370 e. The molecule has 5 nitrogen and oxygen atoms in total. The molecule has 2 aromatic heterocycles. The van der Waals surface area contributed by atoms with Crippen molar-refractivity contribution in [2.45, 2.75) is 0 Å². The zero-order chi connectivity index (χ0) is 11.7. The van der Waals surface area contributed by atoms with Gasteiger partial charge in [0.1, 0.15) is 5.52 Å². The second-order valence-corrected chi connectivity index (χ2v) is 3.53. The summed E-state index contributed by atoms with van der Waals surface area (Å²) in [7, 11) is 0. The third kappa shape index (κ3) is 1.67. The van der Waals surface area contributed by atoms with E-state index in [0.29, 0.717) is 11.7 Å². The van der Waals surface area contributed by atoms with E-state index in [-0.39, 0.29) is 0 Å². The predicted octanol–water partition coefficient (Wildman–Crippen LogP) is 1.86. The molecule has 1 aromatic carbocycles. The largest absolute Gasteiger partial charge is 0.370 e. The van der Waals surface area contributed by atoms with Crippen molar-refractivity contribution in [2.24, 2.45) is 0 Å². The lowest BCUT2D eigenvalue weighted by atomic mass is 10.3. The van der Waals surface area contributed by atoms with Crippen molar-refractivity contribution in [3.05, 3.63) is 48.8 Å². The standard InChI is InChI=1S/C12H10N4O/c13-12-15-10-5-1-2-6-11(10)16(12)17-9-4-3-7-14-8-9/h1-8H,(H2,13,15). The van der Waals surface area contributed by atoms with Crippen molar-refractivity contribution in [3.63, 3.8) is 0 Å². The van der Waals surface area contributed by atoms with Gasteiger partial charge in [-0.25, -0.2) is 4.98 Å². The average molecular weight is 226 g/mol. The molecule has 0 aliphatic rings. The lowest BCUT2D eigenvalue weighted by Gasteiger charge is -2.07. The van der Waals surface area contributed by atoms with Crippen LogP contribution in [0.3, 0.4) is 0 Å². The summed E-state index contributed by atoms with van der Waals surface area (Å²) in [5.41, 5.74) is 7.44. The highest BCUT2D eigenvalue weighted by molar-refractivity contribution is 5.77. The summed E-state index contributed by atoms with van der Waals surface area (Å²) in [6.07, 6.45) is 3.30. The van der Waals surface area contributed by atoms with Gasteiger partial charge >= 0.3 is 0 Å². The molecule has 3 aromatic rings. The molecular weight excluding hydrogens is 216 g/mol. The van der Waals surface area contributed by atoms with Crippen LogP contribution in [0.5, 0.6) is 5.75 Å². The highest BCUT2D eigenvalue weighted by Crippen LogP contribution is 2.19. The number of pyridine rings is 1. The number of nitrogen functional groups attached to an aromatic ring is 1. The first kappa shape index (κ1) is 9.65. The molecular formula is C12H10N4O. The van der Waals surface area contributed by atoms with Gasteiger partial charge in [-0.05, 0) is 24.3 Å². The van der Waals surface area contributed by atoms with Gasteiger partial charge < -0.3 is 10.6 Å². The van der Waals surface area contributed by atoms with E-state index in [1.807, 2.05) is 24.3 Å². The van der Waals surface area contributed by atoms with Crippen LogP contribution in [0.1, 0.15) is 0 Å². The van der Waals surface area contributed by atoms with Crippen molar-refractivity contribution >= 4 is 17.0 Å². The number of fused-ring (bicyclic) bond motifs is 1. The maximum atomic E-state index is 5.81. The van der Waals surface area contributed by atoms with Crippen molar-refractivity contribution in [1.29, 1.82) is 0 Å². The third-order valence-electron chi connectivity index (χ3n) is 2.37. The van der Waals surface area contributed by atoms with Gasteiger partial charge in [0.05, 0.1) is 11.7 Å². The molecule has 2 heterocycles. The molecule has 0 amide bonds. The van der Waals surface area contributed by atoms with Gasteiger partial charge in [0, 0.05) is 6.20 Å². The van der Waals surface area contributed by atoms with Crippen molar-refractivity contribution in [1.82, 2.24) is 14.7 Å². The molecule has 3 rings (SSSR count). The van der Waals surface area contributed by atoms with E-state index in [9.17, 15) is 0 Å². The average Bonchev–Trinajstić information content (AvgIpc) is 2.68. The topological polar surface area (TPSA) is 66.0 Å². The fourth-order valence-electron chi connectivity index (χ4n) is 1.63. The number of rotatable bonds is 2. The summed E-state index contributed by atoms with van der Waals surface area (Å²) in [6, 6.07) is 11.2. The summed E-state index contributed by atoms with van der Waals surface area (Å²) in [4.78, 5) is 13.8. The highest BCUT2D eigenvalue weighted by atomic mass is 16.7. The number of benzene rings is 1. The Kier molecular flexibility index (Phi) is 2.15. The van der Waals surface area contributed by atoms with E-state index in [0.717, 1.165) is 11.0 Å². The summed E-state index contributed by atoms with van der Waals surface area (Å²) in [6.45, 7) is 0. The van der Waals surface area contributed by atoms with Crippen molar-refractivity contribution in [2.75, 3.05) is 5.73 Å². The van der Waals surface area contributed by atoms with Crippen LogP contribution in [-0.2, 0) is 0 Å². The fraction of sp³-hybridized carbons (Fsp3) is 0. The fourth-order valence-corrected chi connectivity index (χ4v) is 1.63. The molecule has 0 aliphatic carbocycles. The zero-order valence-corrected chi connectivity index (χ0v) is 8.95. The van der Waals surface area contributed by atoms with E-state index in [1.54, 1.807) is 24.5 Å². The normalized spacial score (nSPS) is 10.6. The number of nitrogens with two attached hydrogens (primary N) is 1. The van der Waals surface area contributed by atoms with Crippen LogP contribution in [-0.4, -0.2) is 14.7 Å². The third-order valence-corrected chi connectivity index (χ3v) is 2.37. The number of para-hydroxylation sites is 2. The van der Waals surface area contributed by atoms with Gasteiger partial charge in [0.2, 0.25) is 5.95 Å². The molecule has 2 N–H and O–H groups in total. The van der Waals surface area contributed by atoms with Gasteiger partial charge in [-0.15, -0.1) is 4.73 Å². The Bertz CT molecular complexity index is 648. The Morgan fingerprint density at radius 2 is 2.00 bits per heavy atom. The second kappa shape index (κ2) is 3.79. The van der Waals surface area contributed by atoms with Crippen LogP contribution >= 0.6 is 0 Å². The molecule has 0 spiro atoms. The number of nitrogens with zero attached hydrogens (tertiary/aromatic N) is 3. The molecule has 0 atom stereocenters. The maximum absolute atomic E-state index is 5.81. The van der Waals surface area contributed by atoms with Crippen LogP contribution in [0.25, 0.3) is 11.0 Å². The van der Waals surface area contributed by atoms with E-state index in [1.165, 1.54) is 4.73 Å². The summed E-state index contributed by atoms with van der Waals surface area (Å²) in [5, 5.41) is 0. The van der Waals surface area contributed by atoms with Gasteiger partial charge in [-0.3, -0.25) is 4.98 Å². The van der Waals surface area contributed by atoms with Crippen LogP contribution in [0.15, 0.2) is 48.8 Å². The summed E-state index contributed by atoms with van der Waals surface area (Å²) in [5.74, 6) is 0.928. The first-order valence-corrected chi connectivity index (χ1v) is 5.16. The Morgan fingerprint density at radius 3 is 2.82 bits per heavy atom. The SMILES string of the molecule is Nc1nc2ccccc2n1Oc1cccnc1. The van der Waals surface area contributed by atoms with Crippen LogP contribution < -0.4 is 10.6 Å². The summed E-state index contributed by atoms with van der Waals surface area (Å²) >= 11 is 0. The highest BCUT2D eigenvalue weighted by Gasteiger charge is 2.08. The molecule has 0 saturated carbocycles. The lowest BCUT2D eigenvalue weighted by molar-refractivity contribution is 0.232. The molecule has 84 valence electrons. The maximum Gasteiger partial charge on any atom is 0.235 e. The Labute approximate surface area is 97.4 Å². The second-order valence-electron chi connectivity index (χ2n) is 3.53. The number of aromatic nitrogens is 3. The predicted molar refractivity (Wildman–Crippen MR) is 64.4 cm³/mol. The van der Waals surface area contributed by atoms with Gasteiger partial charge in [-0.2, -0.15) is 0 Å². The van der Waals surface area contributed by atoms with E-state index in [2.05, 4.69) is 9.97 Å². The van der Waals surface area contributed by atoms with Crippen molar-refractivity contribution < 1.29 is 4.84 Å². The number of hydrogen-bond donors (Lipinski definition) is 1. The summed E-state index contributed by atoms with van der Waals surface area (Å²) < 4.78 is 1.49. The van der Waals surface area contributed by atoms with Crippen LogP contribution in [0.4, 0.5) is 5.95 Å². The Morgan fingerprint density at radius 1 is 1.12 bits per heavy atom. The first-order valence-electron chi connectivity index (χ1n) is 5.16. The Balaban J connectivity index is 2.08. The first-order chi connectivity index (χ1) is 8.34. The van der Waals surface area contributed by atoms with Crippen LogP contribution in [0, 0.1) is 0 Å². The van der Waals surface area contributed by atoms with Gasteiger partial charge in [-0.1, -0.05) is 12.1 Å². The molecule has 0 radical (unpaired) electrons. The van der Waals surface area contributed by atoms with E-state index in [4.69, 9.17) is 10.6 Å². The van der Waals surface area contributed by atoms with Gasteiger partial charge in [0.25, 0.3) is 0 Å². The molecule has 0 unspecified atom stereocenters. The monoisotopic (exact) mass is 226 g/mol. The van der Waals surface area contributed by atoms with Gasteiger partial charge in [0.15, 0.2) is 5.75 Å². The smallest absolute Gasteiger partial charge is 0.235 e. The number of hydrogen-bond acceptors (Lipinski definition) is 4. The Hall–Kier alpha value is -2.56. The van der Waals surface area contributed by atoms with Crippen molar-refractivity contribution in [3.8, 4) is 5.75 Å². The molecule has 17 heavy (non-hydrogen) atoms. The minimum atomic E-state index is 0.315. The molecule has 5 heteroatoms. The van der Waals surface area contributed by atoms with E-state index < -0.39 is 0 Å². The number of anilines is 1. The van der Waals surface area contributed by atoms with E-state index >= 15 is 0 Å². The molecule has 0 aliphatic heterocycles. The zero-order valence-electron chi connectivity index (χ0n) is 8.95. The molecule has 0 fully saturated rings. The number of imidazole rings is 1. The minimum absolute atomic E-state index is 0.315. The van der Waals surface area contributed by atoms with Crippen LogP contribution in [0.2, 0.25) is 0 Å².